The highest BCUT2D eigenvalue weighted by atomic mass is 35.5. The van der Waals surface area contributed by atoms with Crippen molar-refractivity contribution in [1.29, 1.82) is 0 Å². The maximum Gasteiger partial charge on any atom is 0.289 e. The number of rotatable bonds is 3. The average Bonchev–Trinajstić information content (AvgIpc) is 2.22. The monoisotopic (exact) mass is 277 g/mol. The van der Waals surface area contributed by atoms with Gasteiger partial charge in [-0.05, 0) is 13.0 Å². The maximum atomic E-state index is 10.6. The summed E-state index contributed by atoms with van der Waals surface area (Å²) in [7, 11) is 0. The summed E-state index contributed by atoms with van der Waals surface area (Å²) in [6.07, 6.45) is 0. The van der Waals surface area contributed by atoms with E-state index in [0.29, 0.717) is 19.0 Å². The Kier molecular flexibility index (Phi) is 3.16. The van der Waals surface area contributed by atoms with E-state index in [1.807, 2.05) is 6.92 Å². The second-order valence-electron chi connectivity index (χ2n) is 4.01. The summed E-state index contributed by atoms with van der Waals surface area (Å²) in [4.78, 5) is 10.0. The Morgan fingerprint density at radius 2 is 2.06 bits per heavy atom. The van der Waals surface area contributed by atoms with Crippen LogP contribution in [0, 0.1) is 10.1 Å². The summed E-state index contributed by atoms with van der Waals surface area (Å²) < 4.78 is 10.7. The van der Waals surface area contributed by atoms with Crippen LogP contribution in [0.2, 0.25) is 10.0 Å². The lowest BCUT2D eigenvalue weighted by Crippen LogP contribution is -2.51. The number of nitrogens with zero attached hydrogens (tertiary/aromatic N) is 1. The van der Waals surface area contributed by atoms with Crippen LogP contribution in [0.4, 0.5) is 5.69 Å². The van der Waals surface area contributed by atoms with E-state index < -0.39 is 10.5 Å². The van der Waals surface area contributed by atoms with Crippen LogP contribution in [0.15, 0.2) is 12.1 Å². The van der Waals surface area contributed by atoms with E-state index >= 15 is 0 Å². The fourth-order valence-electron chi connectivity index (χ4n) is 1.46. The number of hydrogen-bond donors (Lipinski definition) is 0. The molecule has 0 N–H and O–H groups in total. The topological polar surface area (TPSA) is 61.6 Å². The lowest BCUT2D eigenvalue weighted by molar-refractivity contribution is -0.384. The minimum absolute atomic E-state index is 0.0500. The summed E-state index contributed by atoms with van der Waals surface area (Å²) in [5.74, 6) is 0.327. The van der Waals surface area contributed by atoms with Gasteiger partial charge in [0.25, 0.3) is 5.69 Å². The molecule has 0 radical (unpaired) electrons. The van der Waals surface area contributed by atoms with E-state index in [9.17, 15) is 10.1 Å². The van der Waals surface area contributed by atoms with Crippen molar-refractivity contribution < 1.29 is 14.4 Å². The quantitative estimate of drug-likeness (QED) is 0.629. The van der Waals surface area contributed by atoms with Crippen LogP contribution in [0.25, 0.3) is 0 Å². The Morgan fingerprint density at radius 1 is 1.41 bits per heavy atom. The molecule has 17 heavy (non-hydrogen) atoms. The van der Waals surface area contributed by atoms with Gasteiger partial charge in [-0.1, -0.05) is 23.2 Å². The van der Waals surface area contributed by atoms with E-state index in [4.69, 9.17) is 32.7 Å². The molecule has 1 aliphatic heterocycles. The minimum atomic E-state index is -0.591. The number of nitro groups is 1. The van der Waals surface area contributed by atoms with Crippen LogP contribution in [-0.2, 0) is 4.74 Å². The van der Waals surface area contributed by atoms with E-state index in [0.717, 1.165) is 0 Å². The molecule has 1 fully saturated rings. The first-order valence-electron chi connectivity index (χ1n) is 4.82. The van der Waals surface area contributed by atoms with Crippen molar-refractivity contribution in [2.24, 2.45) is 0 Å². The number of ether oxygens (including phenoxy) is 2. The van der Waals surface area contributed by atoms with E-state index in [1.165, 1.54) is 12.1 Å². The number of hydrogen-bond acceptors (Lipinski definition) is 4. The van der Waals surface area contributed by atoms with Crippen molar-refractivity contribution in [3.8, 4) is 5.75 Å². The highest BCUT2D eigenvalue weighted by Gasteiger charge is 2.36. The second kappa shape index (κ2) is 4.33. The van der Waals surface area contributed by atoms with Gasteiger partial charge in [-0.15, -0.1) is 0 Å². The maximum absolute atomic E-state index is 10.6. The SMILES string of the molecule is CC1(Oc2ccc([N+](=O)[O-])c(Cl)c2Cl)COC1. The normalized spacial score (nSPS) is 17.4. The third kappa shape index (κ3) is 2.31. The molecule has 1 saturated heterocycles. The van der Waals surface area contributed by atoms with Gasteiger partial charge in [-0.3, -0.25) is 10.1 Å². The molecule has 7 heteroatoms. The first-order valence-corrected chi connectivity index (χ1v) is 5.58. The van der Waals surface area contributed by atoms with Gasteiger partial charge >= 0.3 is 0 Å². The molecule has 5 nitrogen and oxygen atoms in total. The van der Waals surface area contributed by atoms with Crippen molar-refractivity contribution in [1.82, 2.24) is 0 Å². The van der Waals surface area contributed by atoms with Gasteiger partial charge in [-0.25, -0.2) is 0 Å². The zero-order valence-electron chi connectivity index (χ0n) is 8.91. The number of nitro benzene ring substituents is 1. The molecule has 92 valence electrons. The summed E-state index contributed by atoms with van der Waals surface area (Å²) in [5, 5.41) is 10.6. The Bertz CT molecular complexity index is 474. The third-order valence-corrected chi connectivity index (χ3v) is 3.25. The average molecular weight is 278 g/mol. The Labute approximate surface area is 107 Å². The van der Waals surface area contributed by atoms with Crippen LogP contribution in [0.1, 0.15) is 6.92 Å². The lowest BCUT2D eigenvalue weighted by Gasteiger charge is -2.38. The lowest BCUT2D eigenvalue weighted by atomic mass is 10.1. The van der Waals surface area contributed by atoms with E-state index in [2.05, 4.69) is 0 Å². The summed E-state index contributed by atoms with van der Waals surface area (Å²) in [6.45, 7) is 2.78. The summed E-state index contributed by atoms with van der Waals surface area (Å²) in [6, 6.07) is 2.71. The van der Waals surface area contributed by atoms with Gasteiger partial charge in [0, 0.05) is 6.07 Å². The van der Waals surface area contributed by atoms with Gasteiger partial charge in [-0.2, -0.15) is 0 Å². The van der Waals surface area contributed by atoms with Crippen molar-refractivity contribution in [2.45, 2.75) is 12.5 Å². The molecule has 0 spiro atoms. The summed E-state index contributed by atoms with van der Waals surface area (Å²) in [5.41, 5.74) is -0.678. The van der Waals surface area contributed by atoms with E-state index in [-0.39, 0.29) is 15.7 Å². The molecule has 0 aromatic heterocycles. The van der Waals surface area contributed by atoms with Gasteiger partial charge in [0.05, 0.1) is 18.1 Å². The smallest absolute Gasteiger partial charge is 0.289 e. The van der Waals surface area contributed by atoms with Crippen LogP contribution in [-0.4, -0.2) is 23.7 Å². The third-order valence-electron chi connectivity index (χ3n) is 2.39. The molecule has 0 atom stereocenters. The Morgan fingerprint density at radius 3 is 2.53 bits per heavy atom. The molecule has 0 saturated carbocycles. The first kappa shape index (κ1) is 12.4. The molecule has 1 aromatic carbocycles. The molecule has 0 bridgehead atoms. The highest BCUT2D eigenvalue weighted by Crippen LogP contribution is 2.40. The molecule has 2 rings (SSSR count). The molecule has 1 aliphatic rings. The number of benzene rings is 1. The zero-order valence-corrected chi connectivity index (χ0v) is 10.4. The van der Waals surface area contributed by atoms with Crippen molar-refractivity contribution in [2.75, 3.05) is 13.2 Å². The molecule has 0 unspecified atom stereocenters. The predicted molar refractivity (Wildman–Crippen MR) is 63.0 cm³/mol. The van der Waals surface area contributed by atoms with Crippen LogP contribution in [0.5, 0.6) is 5.75 Å². The Hall–Kier alpha value is -1.04. The van der Waals surface area contributed by atoms with Crippen molar-refractivity contribution >= 4 is 28.9 Å². The zero-order chi connectivity index (χ0) is 12.6. The second-order valence-corrected chi connectivity index (χ2v) is 4.77. The molecule has 0 aliphatic carbocycles. The standard InChI is InChI=1S/C10H9Cl2NO4/c1-10(4-16-5-10)17-7-3-2-6(13(14)15)8(11)9(7)12/h2-3H,4-5H2,1H3. The van der Waals surface area contributed by atoms with Crippen LogP contribution >= 0.6 is 23.2 Å². The number of halogens is 2. The first-order chi connectivity index (χ1) is 7.93. The molecular weight excluding hydrogens is 269 g/mol. The van der Waals surface area contributed by atoms with Gasteiger partial charge < -0.3 is 9.47 Å². The van der Waals surface area contributed by atoms with Crippen molar-refractivity contribution in [3.63, 3.8) is 0 Å². The van der Waals surface area contributed by atoms with Gasteiger partial charge in [0.15, 0.2) is 5.60 Å². The predicted octanol–water partition coefficient (Wildman–Crippen LogP) is 3.07. The van der Waals surface area contributed by atoms with Crippen LogP contribution in [0.3, 0.4) is 0 Å². The molecular formula is C10H9Cl2NO4. The van der Waals surface area contributed by atoms with Crippen molar-refractivity contribution in [3.05, 3.63) is 32.3 Å². The summed E-state index contributed by atoms with van der Waals surface area (Å²) >= 11 is 11.7. The van der Waals surface area contributed by atoms with E-state index in [1.54, 1.807) is 0 Å². The minimum Gasteiger partial charge on any atom is -0.481 e. The van der Waals surface area contributed by atoms with Gasteiger partial charge in [0.1, 0.15) is 15.8 Å². The molecule has 1 aromatic rings. The highest BCUT2D eigenvalue weighted by molar-refractivity contribution is 6.44. The Balaban J connectivity index is 2.30. The van der Waals surface area contributed by atoms with Gasteiger partial charge in [0.2, 0.25) is 0 Å². The van der Waals surface area contributed by atoms with Crippen LogP contribution < -0.4 is 4.74 Å². The largest absolute Gasteiger partial charge is 0.481 e. The molecule has 0 amide bonds. The fraction of sp³-hybridized carbons (Fsp3) is 0.400. The fourth-order valence-corrected chi connectivity index (χ4v) is 1.88. The molecule has 1 heterocycles.